The lowest BCUT2D eigenvalue weighted by molar-refractivity contribution is 0.343. The predicted octanol–water partition coefficient (Wildman–Crippen LogP) is 4.40. The summed E-state index contributed by atoms with van der Waals surface area (Å²) in [4.78, 5) is 13.0. The van der Waals surface area contributed by atoms with Crippen molar-refractivity contribution in [2.75, 3.05) is 12.4 Å². The first kappa shape index (κ1) is 20.4. The summed E-state index contributed by atoms with van der Waals surface area (Å²) in [5, 5.41) is 10.0. The number of ether oxygens (including phenoxy) is 1. The molecule has 156 valence electrons. The molecular formula is C22H23FN4O2S. The van der Waals surface area contributed by atoms with E-state index in [-0.39, 0.29) is 11.4 Å². The normalized spacial score (nSPS) is 11.6. The standard InChI is InChI=1S/C22H23FN4O2S/c1-15(2)11-12-26-20(28)18-5-3-4-6-19(18)27-21(26)24-25-22(27)30-14-13-29-17-9-7-16(23)8-10-17/h3-10,15H,11-14H2,1-2H3. The smallest absolute Gasteiger partial charge is 0.262 e. The average molecular weight is 427 g/mol. The second kappa shape index (κ2) is 8.87. The molecule has 0 amide bonds. The van der Waals surface area contributed by atoms with Gasteiger partial charge in [-0.15, -0.1) is 10.2 Å². The molecule has 0 N–H and O–H groups in total. The maximum Gasteiger partial charge on any atom is 0.262 e. The molecule has 30 heavy (non-hydrogen) atoms. The van der Waals surface area contributed by atoms with Crippen molar-refractivity contribution < 1.29 is 9.13 Å². The van der Waals surface area contributed by atoms with Crippen LogP contribution in [-0.4, -0.2) is 31.5 Å². The second-order valence-corrected chi connectivity index (χ2v) is 8.49. The molecule has 0 aliphatic rings. The van der Waals surface area contributed by atoms with Crippen molar-refractivity contribution in [2.24, 2.45) is 5.92 Å². The first-order valence-corrected chi connectivity index (χ1v) is 10.9. The Morgan fingerprint density at radius 2 is 1.87 bits per heavy atom. The van der Waals surface area contributed by atoms with Gasteiger partial charge in [0.2, 0.25) is 5.78 Å². The fourth-order valence-electron chi connectivity index (χ4n) is 3.24. The lowest BCUT2D eigenvalue weighted by Crippen LogP contribution is -2.24. The molecule has 0 spiro atoms. The summed E-state index contributed by atoms with van der Waals surface area (Å²) in [7, 11) is 0. The van der Waals surface area contributed by atoms with Crippen LogP contribution >= 0.6 is 11.8 Å². The van der Waals surface area contributed by atoms with Crippen molar-refractivity contribution in [1.82, 2.24) is 19.2 Å². The van der Waals surface area contributed by atoms with Gasteiger partial charge in [0.1, 0.15) is 11.6 Å². The van der Waals surface area contributed by atoms with E-state index in [1.165, 1.54) is 23.9 Å². The zero-order valence-corrected chi connectivity index (χ0v) is 17.7. The lowest BCUT2D eigenvalue weighted by Gasteiger charge is -2.12. The van der Waals surface area contributed by atoms with E-state index in [1.54, 1.807) is 16.7 Å². The zero-order valence-electron chi connectivity index (χ0n) is 16.9. The number of thioether (sulfide) groups is 1. The highest BCUT2D eigenvalue weighted by atomic mass is 32.2. The van der Waals surface area contributed by atoms with Gasteiger partial charge in [0.05, 0.1) is 17.5 Å². The largest absolute Gasteiger partial charge is 0.493 e. The predicted molar refractivity (Wildman–Crippen MR) is 117 cm³/mol. The van der Waals surface area contributed by atoms with Crippen molar-refractivity contribution in [2.45, 2.75) is 32.0 Å². The Kier molecular flexibility index (Phi) is 6.03. The third kappa shape index (κ3) is 4.18. The number of aryl methyl sites for hydroxylation is 1. The maximum absolute atomic E-state index is 13.0. The number of nitrogens with zero attached hydrogens (tertiary/aromatic N) is 4. The molecule has 4 rings (SSSR count). The summed E-state index contributed by atoms with van der Waals surface area (Å²) in [6, 6.07) is 13.5. The Morgan fingerprint density at radius 3 is 2.63 bits per heavy atom. The van der Waals surface area contributed by atoms with E-state index < -0.39 is 0 Å². The summed E-state index contributed by atoms with van der Waals surface area (Å²) in [6.07, 6.45) is 0.884. The monoisotopic (exact) mass is 426 g/mol. The number of aromatic nitrogens is 4. The number of hydrogen-bond acceptors (Lipinski definition) is 5. The molecule has 0 aliphatic heterocycles. The van der Waals surface area contributed by atoms with E-state index in [0.29, 0.717) is 46.9 Å². The fourth-order valence-corrected chi connectivity index (χ4v) is 4.00. The summed E-state index contributed by atoms with van der Waals surface area (Å²) < 4.78 is 22.3. The summed E-state index contributed by atoms with van der Waals surface area (Å²) in [6.45, 7) is 5.31. The molecule has 2 aromatic carbocycles. The van der Waals surface area contributed by atoms with Gasteiger partial charge in [0, 0.05) is 12.3 Å². The average Bonchev–Trinajstić information content (AvgIpc) is 3.16. The Bertz CT molecular complexity index is 1220. The van der Waals surface area contributed by atoms with Crippen LogP contribution in [0.4, 0.5) is 4.39 Å². The van der Waals surface area contributed by atoms with Crippen LogP contribution < -0.4 is 10.3 Å². The first-order valence-electron chi connectivity index (χ1n) is 9.92. The van der Waals surface area contributed by atoms with Gasteiger partial charge in [-0.3, -0.25) is 13.8 Å². The van der Waals surface area contributed by atoms with Crippen molar-refractivity contribution in [3.63, 3.8) is 0 Å². The van der Waals surface area contributed by atoms with Crippen LogP contribution in [0.3, 0.4) is 0 Å². The summed E-state index contributed by atoms with van der Waals surface area (Å²) in [5.74, 6) is 2.00. The Morgan fingerprint density at radius 1 is 1.10 bits per heavy atom. The second-order valence-electron chi connectivity index (χ2n) is 7.43. The lowest BCUT2D eigenvalue weighted by atomic mass is 10.1. The first-order chi connectivity index (χ1) is 14.5. The van der Waals surface area contributed by atoms with Gasteiger partial charge in [-0.25, -0.2) is 4.39 Å². The van der Waals surface area contributed by atoms with Crippen LogP contribution in [0.1, 0.15) is 20.3 Å². The Labute approximate surface area is 177 Å². The van der Waals surface area contributed by atoms with E-state index in [1.807, 2.05) is 28.7 Å². The highest BCUT2D eigenvalue weighted by Crippen LogP contribution is 2.22. The number of rotatable bonds is 8. The van der Waals surface area contributed by atoms with Crippen molar-refractivity contribution in [3.8, 4) is 5.75 Å². The minimum Gasteiger partial charge on any atom is -0.493 e. The molecule has 2 aromatic heterocycles. The molecule has 0 unspecified atom stereocenters. The minimum absolute atomic E-state index is 0.0395. The van der Waals surface area contributed by atoms with Gasteiger partial charge in [-0.05, 0) is 48.7 Å². The topological polar surface area (TPSA) is 61.4 Å². The molecule has 6 nitrogen and oxygen atoms in total. The molecule has 0 saturated carbocycles. The number of fused-ring (bicyclic) bond motifs is 3. The van der Waals surface area contributed by atoms with Crippen LogP contribution in [0, 0.1) is 11.7 Å². The highest BCUT2D eigenvalue weighted by molar-refractivity contribution is 7.99. The molecule has 8 heteroatoms. The maximum atomic E-state index is 13.0. The van der Waals surface area contributed by atoms with Gasteiger partial charge < -0.3 is 4.74 Å². The van der Waals surface area contributed by atoms with E-state index in [4.69, 9.17) is 4.74 Å². The number of para-hydroxylation sites is 1. The van der Waals surface area contributed by atoms with Crippen molar-refractivity contribution >= 4 is 28.4 Å². The molecular weight excluding hydrogens is 403 g/mol. The number of benzene rings is 2. The van der Waals surface area contributed by atoms with E-state index in [0.717, 1.165) is 11.9 Å². The quantitative estimate of drug-likeness (QED) is 0.309. The van der Waals surface area contributed by atoms with E-state index in [2.05, 4.69) is 24.0 Å². The van der Waals surface area contributed by atoms with Gasteiger partial charge in [0.25, 0.3) is 5.56 Å². The zero-order chi connectivity index (χ0) is 21.1. The molecule has 0 bridgehead atoms. The molecule has 4 aromatic rings. The van der Waals surface area contributed by atoms with Crippen molar-refractivity contribution in [1.29, 1.82) is 0 Å². The third-order valence-electron chi connectivity index (χ3n) is 4.81. The van der Waals surface area contributed by atoms with Gasteiger partial charge >= 0.3 is 0 Å². The molecule has 0 aliphatic carbocycles. The van der Waals surface area contributed by atoms with Gasteiger partial charge in [-0.1, -0.05) is 37.7 Å². The van der Waals surface area contributed by atoms with Crippen LogP contribution in [0.2, 0.25) is 0 Å². The molecule has 0 fully saturated rings. The Balaban J connectivity index is 1.61. The number of halogens is 1. The van der Waals surface area contributed by atoms with E-state index in [9.17, 15) is 9.18 Å². The molecule has 0 saturated heterocycles. The summed E-state index contributed by atoms with van der Waals surface area (Å²) >= 11 is 1.51. The minimum atomic E-state index is -0.290. The SMILES string of the molecule is CC(C)CCn1c(=O)c2ccccc2n2c(SCCOc3ccc(F)cc3)nnc12. The van der Waals surface area contributed by atoms with Crippen molar-refractivity contribution in [3.05, 3.63) is 64.7 Å². The molecule has 0 radical (unpaired) electrons. The van der Waals surface area contributed by atoms with Gasteiger partial charge in [-0.2, -0.15) is 0 Å². The number of hydrogen-bond donors (Lipinski definition) is 0. The fraction of sp³-hybridized carbons (Fsp3) is 0.318. The Hall–Kier alpha value is -2.87. The van der Waals surface area contributed by atoms with Crippen LogP contribution in [-0.2, 0) is 6.54 Å². The third-order valence-corrected chi connectivity index (χ3v) is 5.70. The van der Waals surface area contributed by atoms with Crippen LogP contribution in [0.15, 0.2) is 58.5 Å². The summed E-state index contributed by atoms with van der Waals surface area (Å²) in [5.41, 5.74) is 0.757. The van der Waals surface area contributed by atoms with Crippen LogP contribution in [0.25, 0.3) is 16.7 Å². The van der Waals surface area contributed by atoms with Crippen LogP contribution in [0.5, 0.6) is 5.75 Å². The molecule has 2 heterocycles. The van der Waals surface area contributed by atoms with Gasteiger partial charge in [0.15, 0.2) is 5.16 Å². The highest BCUT2D eigenvalue weighted by Gasteiger charge is 2.16. The van der Waals surface area contributed by atoms with E-state index >= 15 is 0 Å². The molecule has 0 atom stereocenters.